The third-order valence-electron chi connectivity index (χ3n) is 5.01. The monoisotopic (exact) mass is 224 g/mol. The molecule has 0 aromatic carbocycles. The molecule has 16 heavy (non-hydrogen) atoms. The Kier molecular flexibility index (Phi) is 3.91. The number of rotatable bonds is 4. The first-order chi connectivity index (χ1) is 7.68. The van der Waals surface area contributed by atoms with Gasteiger partial charge in [-0.15, -0.1) is 0 Å². The molecule has 94 valence electrons. The van der Waals surface area contributed by atoms with Gasteiger partial charge in [0, 0.05) is 18.6 Å². The normalized spacial score (nSPS) is 33.8. The van der Waals surface area contributed by atoms with Gasteiger partial charge in [-0.05, 0) is 38.1 Å². The lowest BCUT2D eigenvalue weighted by Crippen LogP contribution is -2.52. The molecule has 0 aliphatic heterocycles. The standard InChI is InChI=1S/C14H28N2/c1-12-9-13(12)10-16(2)14(11-15)7-5-3-4-6-8-14/h12-13H,3-11,15H2,1-2H3. The summed E-state index contributed by atoms with van der Waals surface area (Å²) in [5, 5.41) is 0. The third kappa shape index (κ3) is 2.60. The maximum atomic E-state index is 6.10. The van der Waals surface area contributed by atoms with Gasteiger partial charge in [-0.3, -0.25) is 4.90 Å². The molecule has 0 saturated heterocycles. The minimum Gasteiger partial charge on any atom is -0.329 e. The second-order valence-corrected chi connectivity index (χ2v) is 6.20. The molecule has 0 heterocycles. The fraction of sp³-hybridized carbons (Fsp3) is 1.00. The smallest absolute Gasteiger partial charge is 0.0328 e. The van der Waals surface area contributed by atoms with Crippen molar-refractivity contribution in [1.29, 1.82) is 0 Å². The van der Waals surface area contributed by atoms with Crippen molar-refractivity contribution in [3.8, 4) is 0 Å². The minimum absolute atomic E-state index is 0.332. The summed E-state index contributed by atoms with van der Waals surface area (Å²) in [5.41, 5.74) is 6.43. The maximum Gasteiger partial charge on any atom is 0.0328 e. The quantitative estimate of drug-likeness (QED) is 0.744. The van der Waals surface area contributed by atoms with Crippen molar-refractivity contribution >= 4 is 0 Å². The van der Waals surface area contributed by atoms with Crippen LogP contribution in [-0.2, 0) is 0 Å². The van der Waals surface area contributed by atoms with Crippen LogP contribution in [-0.4, -0.2) is 30.6 Å². The first kappa shape index (κ1) is 12.4. The molecule has 2 aliphatic carbocycles. The highest BCUT2D eigenvalue weighted by Crippen LogP contribution is 2.40. The van der Waals surface area contributed by atoms with Crippen LogP contribution in [0.25, 0.3) is 0 Å². The zero-order chi connectivity index (χ0) is 11.6. The molecule has 2 saturated carbocycles. The van der Waals surface area contributed by atoms with Crippen LogP contribution < -0.4 is 5.73 Å². The van der Waals surface area contributed by atoms with Gasteiger partial charge in [-0.25, -0.2) is 0 Å². The van der Waals surface area contributed by atoms with Gasteiger partial charge in [-0.2, -0.15) is 0 Å². The fourth-order valence-corrected chi connectivity index (χ4v) is 3.33. The van der Waals surface area contributed by atoms with Crippen molar-refractivity contribution in [3.05, 3.63) is 0 Å². The number of likely N-dealkylation sites (N-methyl/N-ethyl adjacent to an activating group) is 1. The van der Waals surface area contributed by atoms with E-state index in [0.29, 0.717) is 5.54 Å². The molecule has 2 aliphatic rings. The van der Waals surface area contributed by atoms with Gasteiger partial charge in [0.1, 0.15) is 0 Å². The van der Waals surface area contributed by atoms with Crippen molar-refractivity contribution in [3.63, 3.8) is 0 Å². The molecule has 0 radical (unpaired) electrons. The van der Waals surface area contributed by atoms with Crippen molar-refractivity contribution < 1.29 is 0 Å². The van der Waals surface area contributed by atoms with Crippen molar-refractivity contribution in [2.24, 2.45) is 17.6 Å². The van der Waals surface area contributed by atoms with Gasteiger partial charge in [0.25, 0.3) is 0 Å². The van der Waals surface area contributed by atoms with Crippen molar-refractivity contribution in [2.75, 3.05) is 20.1 Å². The van der Waals surface area contributed by atoms with Gasteiger partial charge >= 0.3 is 0 Å². The minimum atomic E-state index is 0.332. The highest BCUT2D eigenvalue weighted by molar-refractivity contribution is 4.95. The van der Waals surface area contributed by atoms with Gasteiger partial charge < -0.3 is 5.73 Å². The van der Waals surface area contributed by atoms with Gasteiger partial charge in [0.05, 0.1) is 0 Å². The lowest BCUT2D eigenvalue weighted by Gasteiger charge is -2.41. The summed E-state index contributed by atoms with van der Waals surface area (Å²) in [6.45, 7) is 4.50. The van der Waals surface area contributed by atoms with Crippen LogP contribution >= 0.6 is 0 Å². The van der Waals surface area contributed by atoms with Crippen LogP contribution in [0.1, 0.15) is 51.9 Å². The first-order valence-corrected chi connectivity index (χ1v) is 7.09. The Balaban J connectivity index is 1.94. The zero-order valence-electron chi connectivity index (χ0n) is 11.0. The lowest BCUT2D eigenvalue weighted by molar-refractivity contribution is 0.101. The second-order valence-electron chi connectivity index (χ2n) is 6.20. The third-order valence-corrected chi connectivity index (χ3v) is 5.01. The maximum absolute atomic E-state index is 6.10. The predicted molar refractivity (Wildman–Crippen MR) is 69.4 cm³/mol. The van der Waals surface area contributed by atoms with E-state index in [1.807, 2.05) is 0 Å². The van der Waals surface area contributed by atoms with Crippen molar-refractivity contribution in [1.82, 2.24) is 4.90 Å². The van der Waals surface area contributed by atoms with Crippen LogP contribution in [0, 0.1) is 11.8 Å². The number of hydrogen-bond acceptors (Lipinski definition) is 2. The molecular weight excluding hydrogens is 196 g/mol. The van der Waals surface area contributed by atoms with Crippen LogP contribution in [0.2, 0.25) is 0 Å². The lowest BCUT2D eigenvalue weighted by atomic mass is 9.88. The molecule has 0 amide bonds. The van der Waals surface area contributed by atoms with Crippen LogP contribution in [0.3, 0.4) is 0 Å². The van der Waals surface area contributed by atoms with Gasteiger partial charge in [0.2, 0.25) is 0 Å². The van der Waals surface area contributed by atoms with E-state index in [9.17, 15) is 0 Å². The van der Waals surface area contributed by atoms with E-state index in [1.165, 1.54) is 51.5 Å². The number of nitrogens with two attached hydrogens (primary N) is 1. The molecular formula is C14H28N2. The summed E-state index contributed by atoms with van der Waals surface area (Å²) in [5.74, 6) is 1.92. The average Bonchev–Trinajstić information content (AvgIpc) is 3.01. The van der Waals surface area contributed by atoms with E-state index in [-0.39, 0.29) is 0 Å². The molecule has 2 heteroatoms. The Hall–Kier alpha value is -0.0800. The van der Waals surface area contributed by atoms with E-state index >= 15 is 0 Å². The summed E-state index contributed by atoms with van der Waals surface area (Å²) < 4.78 is 0. The second kappa shape index (κ2) is 5.05. The first-order valence-electron chi connectivity index (χ1n) is 7.09. The molecule has 2 rings (SSSR count). The summed E-state index contributed by atoms with van der Waals surface area (Å²) in [4.78, 5) is 2.60. The highest BCUT2D eigenvalue weighted by atomic mass is 15.2. The summed E-state index contributed by atoms with van der Waals surface area (Å²) in [6, 6.07) is 0. The van der Waals surface area contributed by atoms with Gasteiger partial charge in [-0.1, -0.05) is 32.6 Å². The topological polar surface area (TPSA) is 29.3 Å². The van der Waals surface area contributed by atoms with Crippen molar-refractivity contribution in [2.45, 2.75) is 57.4 Å². The Morgan fingerprint density at radius 2 is 1.75 bits per heavy atom. The molecule has 0 spiro atoms. The molecule has 2 atom stereocenters. The molecule has 2 unspecified atom stereocenters. The molecule has 0 aromatic rings. The van der Waals surface area contributed by atoms with E-state index in [4.69, 9.17) is 5.73 Å². The Bertz CT molecular complexity index is 219. The van der Waals surface area contributed by atoms with Crippen LogP contribution in [0.15, 0.2) is 0 Å². The Morgan fingerprint density at radius 3 is 2.19 bits per heavy atom. The van der Waals surface area contributed by atoms with E-state index in [2.05, 4.69) is 18.9 Å². The summed E-state index contributed by atoms with van der Waals surface area (Å²) >= 11 is 0. The predicted octanol–water partition coefficient (Wildman–Crippen LogP) is 2.63. The molecule has 2 fully saturated rings. The largest absolute Gasteiger partial charge is 0.329 e. The average molecular weight is 224 g/mol. The molecule has 0 bridgehead atoms. The summed E-state index contributed by atoms with van der Waals surface area (Å²) in [7, 11) is 2.31. The van der Waals surface area contributed by atoms with E-state index < -0.39 is 0 Å². The van der Waals surface area contributed by atoms with Crippen LogP contribution in [0.4, 0.5) is 0 Å². The SMILES string of the molecule is CC1CC1CN(C)C1(CN)CCCCCC1. The van der Waals surface area contributed by atoms with E-state index in [0.717, 1.165) is 18.4 Å². The molecule has 2 N–H and O–H groups in total. The number of nitrogens with zero attached hydrogens (tertiary/aromatic N) is 1. The highest BCUT2D eigenvalue weighted by Gasteiger charge is 2.39. The summed E-state index contributed by atoms with van der Waals surface area (Å²) in [6.07, 6.45) is 9.65. The Labute approximate surface area is 101 Å². The van der Waals surface area contributed by atoms with Crippen LogP contribution in [0.5, 0.6) is 0 Å². The fourth-order valence-electron chi connectivity index (χ4n) is 3.33. The zero-order valence-corrected chi connectivity index (χ0v) is 11.0. The van der Waals surface area contributed by atoms with Gasteiger partial charge in [0.15, 0.2) is 0 Å². The molecule has 2 nitrogen and oxygen atoms in total. The molecule has 0 aromatic heterocycles. The number of hydrogen-bond donors (Lipinski definition) is 1. The Morgan fingerprint density at radius 1 is 1.19 bits per heavy atom. The van der Waals surface area contributed by atoms with E-state index in [1.54, 1.807) is 0 Å².